The largest absolute Gasteiger partial charge is 0.369 e. The van der Waals surface area contributed by atoms with Crippen LogP contribution in [0.25, 0.3) is 0 Å². The van der Waals surface area contributed by atoms with Gasteiger partial charge in [-0.25, -0.2) is 9.97 Å². The van der Waals surface area contributed by atoms with Gasteiger partial charge in [-0.15, -0.1) is 0 Å². The van der Waals surface area contributed by atoms with Gasteiger partial charge in [0.1, 0.15) is 18.0 Å². The van der Waals surface area contributed by atoms with Gasteiger partial charge in [-0.05, 0) is 18.2 Å². The minimum atomic E-state index is 0.765. The number of thiol groups is 1. The third-order valence-electron chi connectivity index (χ3n) is 2.61. The third kappa shape index (κ3) is 3.84. The van der Waals surface area contributed by atoms with Crippen LogP contribution in [-0.4, -0.2) is 29.3 Å². The van der Waals surface area contributed by atoms with Crippen LogP contribution in [0.2, 0.25) is 0 Å². The molecular weight excluding hydrogens is 324 g/mol. The third-order valence-corrected chi connectivity index (χ3v) is 3.33. The molecule has 0 spiro atoms. The van der Waals surface area contributed by atoms with Gasteiger partial charge in [0.05, 0.1) is 0 Å². The van der Waals surface area contributed by atoms with Crippen molar-refractivity contribution in [2.75, 3.05) is 29.6 Å². The average molecular weight is 339 g/mol. The predicted octanol–water partition coefficient (Wildman–Crippen LogP) is 3.35. The minimum Gasteiger partial charge on any atom is -0.369 e. The highest BCUT2D eigenvalue weighted by molar-refractivity contribution is 9.10. The molecule has 0 fully saturated rings. The van der Waals surface area contributed by atoms with Crippen molar-refractivity contribution in [2.45, 2.75) is 0 Å². The fourth-order valence-corrected chi connectivity index (χ4v) is 2.13. The standard InChI is InChI=1S/C13H15BrN4S/c1-18(11-4-2-3-10(14)7-11)13-8-12(15-5-6-19)16-9-17-13/h2-4,7-9,19H,5-6H2,1H3,(H,15,16,17). The summed E-state index contributed by atoms with van der Waals surface area (Å²) in [6.45, 7) is 0.778. The van der Waals surface area contributed by atoms with Crippen LogP contribution in [0.5, 0.6) is 0 Å². The second-order valence-electron chi connectivity index (χ2n) is 3.95. The maximum atomic E-state index is 4.29. The van der Waals surface area contributed by atoms with Gasteiger partial charge in [0, 0.05) is 35.6 Å². The molecule has 0 aliphatic heterocycles. The molecule has 2 rings (SSSR count). The molecular formula is C13H15BrN4S. The molecule has 0 aliphatic carbocycles. The number of nitrogens with one attached hydrogen (secondary N) is 1. The molecule has 0 amide bonds. The van der Waals surface area contributed by atoms with E-state index in [1.54, 1.807) is 6.33 Å². The number of hydrogen-bond acceptors (Lipinski definition) is 5. The van der Waals surface area contributed by atoms with E-state index in [1.165, 1.54) is 0 Å². The number of aromatic nitrogens is 2. The number of nitrogens with zero attached hydrogens (tertiary/aromatic N) is 3. The number of benzene rings is 1. The smallest absolute Gasteiger partial charge is 0.138 e. The highest BCUT2D eigenvalue weighted by Crippen LogP contribution is 2.25. The van der Waals surface area contributed by atoms with Gasteiger partial charge in [0.15, 0.2) is 0 Å². The Morgan fingerprint density at radius 2 is 2.16 bits per heavy atom. The number of hydrogen-bond donors (Lipinski definition) is 2. The maximum Gasteiger partial charge on any atom is 0.138 e. The number of rotatable bonds is 5. The van der Waals surface area contributed by atoms with Crippen molar-refractivity contribution in [3.8, 4) is 0 Å². The van der Waals surface area contributed by atoms with Crippen molar-refractivity contribution >= 4 is 45.9 Å². The lowest BCUT2D eigenvalue weighted by molar-refractivity contribution is 1.06. The van der Waals surface area contributed by atoms with Gasteiger partial charge in [-0.3, -0.25) is 0 Å². The first kappa shape index (κ1) is 14.1. The normalized spacial score (nSPS) is 10.3. The van der Waals surface area contributed by atoms with Crippen molar-refractivity contribution in [1.82, 2.24) is 9.97 Å². The van der Waals surface area contributed by atoms with Crippen LogP contribution in [-0.2, 0) is 0 Å². The summed E-state index contributed by atoms with van der Waals surface area (Å²) in [5, 5.41) is 3.19. The van der Waals surface area contributed by atoms with E-state index in [9.17, 15) is 0 Å². The van der Waals surface area contributed by atoms with Gasteiger partial charge in [-0.2, -0.15) is 12.6 Å². The molecule has 19 heavy (non-hydrogen) atoms. The molecule has 1 aromatic carbocycles. The number of anilines is 3. The van der Waals surface area contributed by atoms with Crippen LogP contribution < -0.4 is 10.2 Å². The van der Waals surface area contributed by atoms with Crippen LogP contribution in [0, 0.1) is 0 Å². The van der Waals surface area contributed by atoms with Crippen molar-refractivity contribution in [1.29, 1.82) is 0 Å². The quantitative estimate of drug-likeness (QED) is 0.820. The molecule has 0 atom stereocenters. The lowest BCUT2D eigenvalue weighted by Gasteiger charge is -2.19. The molecule has 0 aliphatic rings. The Morgan fingerprint density at radius 3 is 2.89 bits per heavy atom. The zero-order valence-corrected chi connectivity index (χ0v) is 13.0. The van der Waals surface area contributed by atoms with Crippen LogP contribution in [0.3, 0.4) is 0 Å². The zero-order chi connectivity index (χ0) is 13.7. The van der Waals surface area contributed by atoms with Gasteiger partial charge in [0.25, 0.3) is 0 Å². The SMILES string of the molecule is CN(c1cccc(Br)c1)c1cc(NCCS)ncn1. The molecule has 4 nitrogen and oxygen atoms in total. The first-order valence-electron chi connectivity index (χ1n) is 5.87. The zero-order valence-electron chi connectivity index (χ0n) is 10.5. The van der Waals surface area contributed by atoms with E-state index in [2.05, 4.69) is 43.8 Å². The van der Waals surface area contributed by atoms with Gasteiger partial charge >= 0.3 is 0 Å². The van der Waals surface area contributed by atoms with Crippen LogP contribution in [0.15, 0.2) is 41.1 Å². The van der Waals surface area contributed by atoms with Gasteiger partial charge < -0.3 is 10.2 Å². The summed E-state index contributed by atoms with van der Waals surface area (Å²) in [7, 11) is 1.98. The fourth-order valence-electron chi connectivity index (χ4n) is 1.63. The fraction of sp³-hybridized carbons (Fsp3) is 0.231. The van der Waals surface area contributed by atoms with Crippen molar-refractivity contribution < 1.29 is 0 Å². The molecule has 0 bridgehead atoms. The summed E-state index contributed by atoms with van der Waals surface area (Å²) < 4.78 is 1.04. The Balaban J connectivity index is 2.21. The van der Waals surface area contributed by atoms with Crippen LogP contribution in [0.1, 0.15) is 0 Å². The minimum absolute atomic E-state index is 0.765. The monoisotopic (exact) mass is 338 g/mol. The summed E-state index contributed by atoms with van der Waals surface area (Å²) in [5.74, 6) is 2.41. The summed E-state index contributed by atoms with van der Waals surface area (Å²) in [6.07, 6.45) is 1.56. The Bertz CT molecular complexity index is 550. The summed E-state index contributed by atoms with van der Waals surface area (Å²) in [6, 6.07) is 10.00. The van der Waals surface area contributed by atoms with Crippen molar-refractivity contribution in [2.24, 2.45) is 0 Å². The second kappa shape index (κ2) is 6.77. The Hall–Kier alpha value is -1.27. The lowest BCUT2D eigenvalue weighted by Crippen LogP contribution is -2.12. The maximum absolute atomic E-state index is 4.29. The van der Waals surface area contributed by atoms with Crippen LogP contribution >= 0.6 is 28.6 Å². The van der Waals surface area contributed by atoms with Crippen molar-refractivity contribution in [3.05, 3.63) is 41.1 Å². The molecule has 1 aromatic heterocycles. The molecule has 2 aromatic rings. The van der Waals surface area contributed by atoms with Gasteiger partial charge in [-0.1, -0.05) is 22.0 Å². The van der Waals surface area contributed by atoms with Gasteiger partial charge in [0.2, 0.25) is 0 Å². The summed E-state index contributed by atoms with van der Waals surface area (Å²) in [4.78, 5) is 10.5. The average Bonchev–Trinajstić information content (AvgIpc) is 2.44. The van der Waals surface area contributed by atoms with E-state index < -0.39 is 0 Å². The molecule has 0 saturated heterocycles. The topological polar surface area (TPSA) is 41.0 Å². The molecule has 0 saturated carbocycles. The molecule has 1 N–H and O–H groups in total. The van der Waals surface area contributed by atoms with E-state index >= 15 is 0 Å². The molecule has 0 radical (unpaired) electrons. The summed E-state index contributed by atoms with van der Waals surface area (Å²) in [5.41, 5.74) is 1.06. The Labute approximate surface area is 126 Å². The highest BCUT2D eigenvalue weighted by Gasteiger charge is 2.07. The van der Waals surface area contributed by atoms with E-state index in [0.717, 1.165) is 34.1 Å². The van der Waals surface area contributed by atoms with E-state index in [-0.39, 0.29) is 0 Å². The second-order valence-corrected chi connectivity index (χ2v) is 5.31. The predicted molar refractivity (Wildman–Crippen MR) is 86.6 cm³/mol. The molecule has 1 heterocycles. The van der Waals surface area contributed by atoms with E-state index in [4.69, 9.17) is 0 Å². The lowest BCUT2D eigenvalue weighted by atomic mass is 10.3. The van der Waals surface area contributed by atoms with Crippen LogP contribution in [0.4, 0.5) is 17.3 Å². The molecule has 100 valence electrons. The molecule has 6 heteroatoms. The van der Waals surface area contributed by atoms with E-state index in [0.29, 0.717) is 0 Å². The first-order valence-corrected chi connectivity index (χ1v) is 7.29. The first-order chi connectivity index (χ1) is 9.20. The van der Waals surface area contributed by atoms with E-state index in [1.807, 2.05) is 42.3 Å². The Kier molecular flexibility index (Phi) is 5.04. The Morgan fingerprint density at radius 1 is 1.32 bits per heavy atom. The highest BCUT2D eigenvalue weighted by atomic mass is 79.9. The number of halogens is 1. The molecule has 0 unspecified atom stereocenters. The summed E-state index contributed by atoms with van der Waals surface area (Å²) >= 11 is 7.64. The van der Waals surface area contributed by atoms with Crippen molar-refractivity contribution in [3.63, 3.8) is 0 Å².